The summed E-state index contributed by atoms with van der Waals surface area (Å²) < 4.78 is 13.2. The van der Waals surface area contributed by atoms with Crippen LogP contribution in [0.3, 0.4) is 0 Å². The van der Waals surface area contributed by atoms with Gasteiger partial charge in [0.2, 0.25) is 0 Å². The van der Waals surface area contributed by atoms with Crippen LogP contribution in [-0.4, -0.2) is 25.1 Å². The van der Waals surface area contributed by atoms with Crippen LogP contribution in [0.15, 0.2) is 42.6 Å². The summed E-state index contributed by atoms with van der Waals surface area (Å²) in [7, 11) is 1.96. The minimum Gasteiger partial charge on any atom is -0.369 e. The lowest BCUT2D eigenvalue weighted by molar-refractivity contribution is 0.519. The van der Waals surface area contributed by atoms with Crippen molar-refractivity contribution < 1.29 is 4.39 Å². The number of anilines is 1. The number of nitrogens with one attached hydrogen (secondary N) is 2. The molecule has 1 aliphatic heterocycles. The molecule has 4 heteroatoms. The van der Waals surface area contributed by atoms with Crippen LogP contribution >= 0.6 is 0 Å². The molecule has 0 bridgehead atoms. The van der Waals surface area contributed by atoms with Gasteiger partial charge in [-0.25, -0.2) is 9.37 Å². The number of fused-ring (bicyclic) bond motifs is 1. The quantitative estimate of drug-likeness (QED) is 0.886. The maximum absolute atomic E-state index is 13.2. The smallest absolute Gasteiger partial charge is 0.129 e. The topological polar surface area (TPSA) is 37.0 Å². The highest BCUT2D eigenvalue weighted by Gasteiger charge is 2.31. The van der Waals surface area contributed by atoms with Crippen molar-refractivity contribution in [2.75, 3.05) is 25.5 Å². The second-order valence-electron chi connectivity index (χ2n) is 5.48. The summed E-state index contributed by atoms with van der Waals surface area (Å²) in [5.74, 6) is 1.54. The van der Waals surface area contributed by atoms with E-state index in [1.807, 2.05) is 31.4 Å². The van der Waals surface area contributed by atoms with Crippen LogP contribution in [0.1, 0.15) is 29.4 Å². The van der Waals surface area contributed by atoms with E-state index in [1.165, 1.54) is 11.1 Å². The number of nitrogens with zero attached hydrogens (tertiary/aromatic N) is 1. The molecule has 2 N–H and O–H groups in total. The van der Waals surface area contributed by atoms with E-state index in [4.69, 9.17) is 0 Å². The number of aromatic nitrogens is 1. The van der Waals surface area contributed by atoms with Crippen LogP contribution in [-0.2, 0) is 0 Å². The molecule has 1 aromatic heterocycles. The molecule has 2 atom stereocenters. The van der Waals surface area contributed by atoms with Gasteiger partial charge in [-0.2, -0.15) is 0 Å². The maximum atomic E-state index is 13.2. The fourth-order valence-electron chi connectivity index (χ4n) is 3.15. The maximum Gasteiger partial charge on any atom is 0.129 e. The molecule has 0 saturated heterocycles. The first kappa shape index (κ1) is 14.0. The Hall–Kier alpha value is -1.94. The Morgan fingerprint density at radius 3 is 2.90 bits per heavy atom. The number of hydrogen-bond donors (Lipinski definition) is 2. The van der Waals surface area contributed by atoms with Gasteiger partial charge in [0.25, 0.3) is 0 Å². The molecule has 1 aliphatic rings. The Balaban J connectivity index is 1.91. The third kappa shape index (κ3) is 2.90. The SMILES string of the molecule is CNCCC(c1ccc(F)cc1)C1CNc2ncccc21. The van der Waals surface area contributed by atoms with Gasteiger partial charge < -0.3 is 10.6 Å². The number of benzene rings is 1. The molecule has 0 spiro atoms. The van der Waals surface area contributed by atoms with Gasteiger partial charge in [0.05, 0.1) is 0 Å². The zero-order chi connectivity index (χ0) is 14.7. The predicted octanol–water partition coefficient (Wildman–Crippen LogP) is 3.12. The molecule has 2 unspecified atom stereocenters. The van der Waals surface area contributed by atoms with Crippen LogP contribution in [0.2, 0.25) is 0 Å². The van der Waals surface area contributed by atoms with E-state index in [9.17, 15) is 4.39 Å². The van der Waals surface area contributed by atoms with E-state index in [0.717, 1.165) is 25.3 Å². The Bertz CT molecular complexity index is 597. The summed E-state index contributed by atoms with van der Waals surface area (Å²) in [5.41, 5.74) is 2.46. The largest absolute Gasteiger partial charge is 0.369 e. The molecule has 21 heavy (non-hydrogen) atoms. The van der Waals surface area contributed by atoms with Gasteiger partial charge in [-0.1, -0.05) is 18.2 Å². The molecule has 1 aromatic carbocycles. The van der Waals surface area contributed by atoms with Crippen molar-refractivity contribution in [2.24, 2.45) is 0 Å². The lowest BCUT2D eigenvalue weighted by atomic mass is 9.81. The van der Waals surface area contributed by atoms with Crippen LogP contribution in [0.4, 0.5) is 10.2 Å². The van der Waals surface area contributed by atoms with Crippen LogP contribution in [0.5, 0.6) is 0 Å². The summed E-state index contributed by atoms with van der Waals surface area (Å²) >= 11 is 0. The van der Waals surface area contributed by atoms with Crippen molar-refractivity contribution >= 4 is 5.82 Å². The van der Waals surface area contributed by atoms with Gasteiger partial charge in [-0.3, -0.25) is 0 Å². The van der Waals surface area contributed by atoms with E-state index in [0.29, 0.717) is 11.8 Å². The van der Waals surface area contributed by atoms with Crippen LogP contribution in [0, 0.1) is 5.82 Å². The zero-order valence-electron chi connectivity index (χ0n) is 12.1. The average molecular weight is 285 g/mol. The second kappa shape index (κ2) is 6.22. The fourth-order valence-corrected chi connectivity index (χ4v) is 3.15. The fraction of sp³-hybridized carbons (Fsp3) is 0.353. The molecule has 0 aliphatic carbocycles. The number of hydrogen-bond acceptors (Lipinski definition) is 3. The molecule has 2 heterocycles. The van der Waals surface area contributed by atoms with Gasteiger partial charge in [0.15, 0.2) is 0 Å². The van der Waals surface area contributed by atoms with Crippen molar-refractivity contribution in [3.05, 3.63) is 59.5 Å². The highest BCUT2D eigenvalue weighted by Crippen LogP contribution is 2.41. The molecule has 0 fully saturated rings. The van der Waals surface area contributed by atoms with Gasteiger partial charge in [0.1, 0.15) is 11.6 Å². The van der Waals surface area contributed by atoms with Crippen molar-refractivity contribution in [1.82, 2.24) is 10.3 Å². The predicted molar refractivity (Wildman–Crippen MR) is 83.2 cm³/mol. The number of rotatable bonds is 5. The van der Waals surface area contributed by atoms with E-state index in [-0.39, 0.29) is 5.82 Å². The zero-order valence-corrected chi connectivity index (χ0v) is 12.1. The van der Waals surface area contributed by atoms with Crippen LogP contribution in [0.25, 0.3) is 0 Å². The lowest BCUT2D eigenvalue weighted by Gasteiger charge is -2.24. The van der Waals surface area contributed by atoms with E-state index in [2.05, 4.69) is 21.7 Å². The summed E-state index contributed by atoms with van der Waals surface area (Å²) in [6.07, 6.45) is 2.83. The molecule has 0 saturated carbocycles. The number of halogens is 1. The minimum absolute atomic E-state index is 0.183. The standard InChI is InChI=1S/C17H20FN3/c1-19-10-8-14(12-4-6-13(18)7-5-12)16-11-21-17-15(16)3-2-9-20-17/h2-7,9,14,16,19H,8,10-11H2,1H3,(H,20,21). The third-order valence-electron chi connectivity index (χ3n) is 4.22. The molecule has 2 aromatic rings. The molecule has 3 rings (SSSR count). The first-order valence-electron chi connectivity index (χ1n) is 7.38. The van der Waals surface area contributed by atoms with Gasteiger partial charge >= 0.3 is 0 Å². The third-order valence-corrected chi connectivity index (χ3v) is 4.22. The molecule has 0 radical (unpaired) electrons. The molecular weight excluding hydrogens is 265 g/mol. The normalized spacial score (nSPS) is 18.1. The monoisotopic (exact) mass is 285 g/mol. The summed E-state index contributed by atoms with van der Waals surface area (Å²) in [5, 5.41) is 6.60. The highest BCUT2D eigenvalue weighted by atomic mass is 19.1. The van der Waals surface area contributed by atoms with Gasteiger partial charge in [0, 0.05) is 18.7 Å². The first-order chi connectivity index (χ1) is 10.3. The van der Waals surface area contributed by atoms with Crippen molar-refractivity contribution in [2.45, 2.75) is 18.3 Å². The molecule has 0 amide bonds. The Kier molecular flexibility index (Phi) is 4.15. The van der Waals surface area contributed by atoms with E-state index < -0.39 is 0 Å². The van der Waals surface area contributed by atoms with E-state index in [1.54, 1.807) is 12.1 Å². The summed E-state index contributed by atoms with van der Waals surface area (Å²) in [6, 6.07) is 11.0. The number of pyridine rings is 1. The molecular formula is C17H20FN3. The van der Waals surface area contributed by atoms with Gasteiger partial charge in [-0.15, -0.1) is 0 Å². The van der Waals surface area contributed by atoms with E-state index >= 15 is 0 Å². The van der Waals surface area contributed by atoms with Crippen molar-refractivity contribution in [3.63, 3.8) is 0 Å². The highest BCUT2D eigenvalue weighted by molar-refractivity contribution is 5.53. The van der Waals surface area contributed by atoms with Crippen molar-refractivity contribution in [1.29, 1.82) is 0 Å². The van der Waals surface area contributed by atoms with Crippen LogP contribution < -0.4 is 10.6 Å². The average Bonchev–Trinajstić information content (AvgIpc) is 2.93. The summed E-state index contributed by atoms with van der Waals surface area (Å²) in [4.78, 5) is 4.39. The first-order valence-corrected chi connectivity index (χ1v) is 7.38. The molecule has 110 valence electrons. The Labute approximate surface area is 124 Å². The molecule has 3 nitrogen and oxygen atoms in total. The second-order valence-corrected chi connectivity index (χ2v) is 5.48. The van der Waals surface area contributed by atoms with Gasteiger partial charge in [-0.05, 0) is 55.3 Å². The summed E-state index contributed by atoms with van der Waals surface area (Å²) in [6.45, 7) is 1.83. The Morgan fingerprint density at radius 2 is 2.14 bits per heavy atom. The van der Waals surface area contributed by atoms with Crippen molar-refractivity contribution in [3.8, 4) is 0 Å². The minimum atomic E-state index is -0.183. The lowest BCUT2D eigenvalue weighted by Crippen LogP contribution is -2.19. The Morgan fingerprint density at radius 1 is 1.33 bits per heavy atom.